The molecule has 0 spiro atoms. The molecule has 208 valence electrons. The molecule has 0 aliphatic heterocycles. The maximum atomic E-state index is 13.5. The van der Waals surface area contributed by atoms with E-state index in [1.165, 1.54) is 0 Å². The number of carbonyl (C=O) groups excluding carboxylic acids is 1. The second-order valence-corrected chi connectivity index (χ2v) is 11.4. The SMILES string of the molecule is CCOc1ccc(-n2c(C)cc(/C=N/NC(=O)CN(Cc3ccccc3)S(=O)(=O)c3ccc(C)cc3)c2C)cc1. The average Bonchev–Trinajstić information content (AvgIpc) is 3.22. The molecule has 0 atom stereocenters. The van der Waals surface area contributed by atoms with Crippen molar-refractivity contribution in [3.63, 3.8) is 0 Å². The summed E-state index contributed by atoms with van der Waals surface area (Å²) in [5.41, 5.74) is 7.99. The second-order valence-electron chi connectivity index (χ2n) is 9.45. The summed E-state index contributed by atoms with van der Waals surface area (Å²) >= 11 is 0. The number of hydrogen-bond acceptors (Lipinski definition) is 5. The minimum Gasteiger partial charge on any atom is -0.494 e. The number of sulfonamides is 1. The molecule has 0 saturated carbocycles. The first-order chi connectivity index (χ1) is 19.2. The summed E-state index contributed by atoms with van der Waals surface area (Å²) in [6.45, 7) is 8.08. The lowest BCUT2D eigenvalue weighted by Gasteiger charge is -2.21. The first kappa shape index (κ1) is 28.8. The van der Waals surface area contributed by atoms with Crippen molar-refractivity contribution in [2.45, 2.75) is 39.1 Å². The van der Waals surface area contributed by atoms with E-state index in [-0.39, 0.29) is 18.0 Å². The summed E-state index contributed by atoms with van der Waals surface area (Å²) in [5, 5.41) is 4.14. The van der Waals surface area contributed by atoms with Crippen LogP contribution in [0, 0.1) is 20.8 Å². The number of amides is 1. The zero-order valence-electron chi connectivity index (χ0n) is 23.2. The van der Waals surface area contributed by atoms with Crippen LogP contribution in [0.2, 0.25) is 0 Å². The number of rotatable bonds is 11. The van der Waals surface area contributed by atoms with Gasteiger partial charge < -0.3 is 9.30 Å². The molecule has 3 aromatic carbocycles. The van der Waals surface area contributed by atoms with Crippen molar-refractivity contribution in [2.75, 3.05) is 13.2 Å². The lowest BCUT2D eigenvalue weighted by Crippen LogP contribution is -2.39. The van der Waals surface area contributed by atoms with E-state index < -0.39 is 15.9 Å². The van der Waals surface area contributed by atoms with Crippen molar-refractivity contribution in [3.8, 4) is 11.4 Å². The molecule has 0 aliphatic rings. The van der Waals surface area contributed by atoms with Gasteiger partial charge in [-0.1, -0.05) is 48.0 Å². The Bertz CT molecular complexity index is 1580. The molecule has 1 aromatic heterocycles. The highest BCUT2D eigenvalue weighted by molar-refractivity contribution is 7.89. The fourth-order valence-corrected chi connectivity index (χ4v) is 5.80. The van der Waals surface area contributed by atoms with Gasteiger partial charge in [0.1, 0.15) is 5.75 Å². The van der Waals surface area contributed by atoms with Gasteiger partial charge in [-0.2, -0.15) is 9.41 Å². The van der Waals surface area contributed by atoms with E-state index >= 15 is 0 Å². The van der Waals surface area contributed by atoms with Crippen LogP contribution in [0.4, 0.5) is 0 Å². The van der Waals surface area contributed by atoms with E-state index in [0.717, 1.165) is 43.8 Å². The molecule has 0 unspecified atom stereocenters. The molecule has 1 heterocycles. The van der Waals surface area contributed by atoms with Gasteiger partial charge in [0, 0.05) is 29.2 Å². The summed E-state index contributed by atoms with van der Waals surface area (Å²) < 4.78 is 35.7. The Balaban J connectivity index is 1.49. The molecule has 1 amide bonds. The molecule has 0 saturated heterocycles. The number of aromatic nitrogens is 1. The van der Waals surface area contributed by atoms with Gasteiger partial charge in [-0.15, -0.1) is 0 Å². The Morgan fingerprint density at radius 3 is 2.30 bits per heavy atom. The molecule has 0 fully saturated rings. The quantitative estimate of drug-likeness (QED) is 0.204. The Labute approximate surface area is 236 Å². The number of carbonyl (C=O) groups is 1. The van der Waals surface area contributed by atoms with Crippen LogP contribution in [0.5, 0.6) is 5.75 Å². The third-order valence-corrected chi connectivity index (χ3v) is 8.26. The molecule has 9 heteroatoms. The first-order valence-corrected chi connectivity index (χ1v) is 14.5. The van der Waals surface area contributed by atoms with Crippen LogP contribution >= 0.6 is 0 Å². The normalized spacial score (nSPS) is 11.7. The molecule has 8 nitrogen and oxygen atoms in total. The smallest absolute Gasteiger partial charge is 0.255 e. The van der Waals surface area contributed by atoms with Gasteiger partial charge in [0.25, 0.3) is 5.91 Å². The molecule has 0 bridgehead atoms. The van der Waals surface area contributed by atoms with Gasteiger partial charge in [-0.3, -0.25) is 4.79 Å². The molecule has 4 rings (SSSR count). The summed E-state index contributed by atoms with van der Waals surface area (Å²) in [5.74, 6) is 0.270. The predicted octanol–water partition coefficient (Wildman–Crippen LogP) is 5.14. The van der Waals surface area contributed by atoms with Gasteiger partial charge in [0.15, 0.2) is 0 Å². The highest BCUT2D eigenvalue weighted by atomic mass is 32.2. The fourth-order valence-electron chi connectivity index (χ4n) is 4.42. The molecule has 4 aromatic rings. The predicted molar refractivity (Wildman–Crippen MR) is 157 cm³/mol. The van der Waals surface area contributed by atoms with Crippen LogP contribution < -0.4 is 10.2 Å². The number of hydrogen-bond donors (Lipinski definition) is 1. The molecular weight excluding hydrogens is 524 g/mol. The number of nitrogens with zero attached hydrogens (tertiary/aromatic N) is 3. The highest BCUT2D eigenvalue weighted by Gasteiger charge is 2.27. The lowest BCUT2D eigenvalue weighted by molar-refractivity contribution is -0.121. The Morgan fingerprint density at radius 1 is 0.975 bits per heavy atom. The van der Waals surface area contributed by atoms with Crippen LogP contribution in [-0.2, 0) is 21.4 Å². The third-order valence-electron chi connectivity index (χ3n) is 6.45. The molecule has 0 radical (unpaired) electrons. The minimum absolute atomic E-state index is 0.0530. The average molecular weight is 559 g/mol. The van der Waals surface area contributed by atoms with E-state index in [1.807, 2.05) is 88.4 Å². The molecule has 0 aliphatic carbocycles. The van der Waals surface area contributed by atoms with Crippen LogP contribution in [0.3, 0.4) is 0 Å². The fraction of sp³-hybridized carbons (Fsp3) is 0.226. The summed E-state index contributed by atoms with van der Waals surface area (Å²) in [4.78, 5) is 13.0. The zero-order valence-corrected chi connectivity index (χ0v) is 24.0. The maximum Gasteiger partial charge on any atom is 0.255 e. The van der Waals surface area contributed by atoms with Crippen LogP contribution in [0.1, 0.15) is 35.0 Å². The van der Waals surface area contributed by atoms with Gasteiger partial charge in [0.2, 0.25) is 10.0 Å². The number of aryl methyl sites for hydroxylation is 2. The number of ether oxygens (including phenoxy) is 1. The van der Waals surface area contributed by atoms with Crippen LogP contribution in [0.15, 0.2) is 94.9 Å². The van der Waals surface area contributed by atoms with Gasteiger partial charge in [-0.05, 0) is 75.7 Å². The lowest BCUT2D eigenvalue weighted by atomic mass is 10.2. The minimum atomic E-state index is -3.93. The number of hydrazone groups is 1. The van der Waals surface area contributed by atoms with Crippen molar-refractivity contribution in [1.29, 1.82) is 0 Å². The largest absolute Gasteiger partial charge is 0.494 e. The summed E-state index contributed by atoms with van der Waals surface area (Å²) in [7, 11) is -3.93. The highest BCUT2D eigenvalue weighted by Crippen LogP contribution is 2.22. The maximum absolute atomic E-state index is 13.5. The summed E-state index contributed by atoms with van der Waals surface area (Å²) in [6, 6.07) is 25.6. The van der Waals surface area contributed by atoms with E-state index in [4.69, 9.17) is 4.74 Å². The molecule has 40 heavy (non-hydrogen) atoms. The zero-order chi connectivity index (χ0) is 28.7. The van der Waals surface area contributed by atoms with Crippen molar-refractivity contribution in [3.05, 3.63) is 113 Å². The van der Waals surface area contributed by atoms with Crippen molar-refractivity contribution in [2.24, 2.45) is 5.10 Å². The molecule has 1 N–H and O–H groups in total. The van der Waals surface area contributed by atoms with E-state index in [9.17, 15) is 13.2 Å². The molecular formula is C31H34N4O4S. The number of benzene rings is 3. The first-order valence-electron chi connectivity index (χ1n) is 13.0. The topological polar surface area (TPSA) is 93.0 Å². The van der Waals surface area contributed by atoms with Gasteiger partial charge >= 0.3 is 0 Å². The van der Waals surface area contributed by atoms with E-state index in [2.05, 4.69) is 15.1 Å². The second kappa shape index (κ2) is 12.8. The monoisotopic (exact) mass is 558 g/mol. The van der Waals surface area contributed by atoms with Crippen molar-refractivity contribution >= 4 is 22.1 Å². The Morgan fingerprint density at radius 2 is 1.65 bits per heavy atom. The van der Waals surface area contributed by atoms with Crippen LogP contribution in [-0.4, -0.2) is 42.6 Å². The van der Waals surface area contributed by atoms with Gasteiger partial charge in [-0.25, -0.2) is 13.8 Å². The standard InChI is InChI=1S/C31H34N4O4S/c1-5-39-29-15-13-28(14-16-29)35-24(3)19-27(25(35)4)20-32-33-31(36)22-34(21-26-9-7-6-8-10-26)40(37,38)30-17-11-23(2)12-18-30/h6-20H,5,21-22H2,1-4H3,(H,33,36)/b32-20+. The third kappa shape index (κ3) is 6.86. The van der Waals surface area contributed by atoms with Gasteiger partial charge in [0.05, 0.1) is 24.3 Å². The Kier molecular flexibility index (Phi) is 9.19. The van der Waals surface area contributed by atoms with Crippen LogP contribution in [0.25, 0.3) is 5.69 Å². The number of nitrogens with one attached hydrogen (secondary N) is 1. The Hall–Kier alpha value is -4.21. The van der Waals surface area contributed by atoms with Crippen molar-refractivity contribution in [1.82, 2.24) is 14.3 Å². The van der Waals surface area contributed by atoms with E-state index in [0.29, 0.717) is 6.61 Å². The van der Waals surface area contributed by atoms with Crippen molar-refractivity contribution < 1.29 is 17.9 Å². The van der Waals surface area contributed by atoms with E-state index in [1.54, 1.807) is 30.5 Å². The summed E-state index contributed by atoms with van der Waals surface area (Å²) in [6.07, 6.45) is 1.57.